The van der Waals surface area contributed by atoms with E-state index >= 15 is 0 Å². The Morgan fingerprint density at radius 1 is 1.08 bits per heavy atom. The quantitative estimate of drug-likeness (QED) is 0.719. The summed E-state index contributed by atoms with van der Waals surface area (Å²) in [6, 6.07) is 16.9. The van der Waals surface area contributed by atoms with Crippen LogP contribution in [0.3, 0.4) is 0 Å². The molecule has 24 heavy (non-hydrogen) atoms. The number of hydrogen-bond donors (Lipinski definition) is 1. The third-order valence-corrected chi connectivity index (χ3v) is 4.19. The van der Waals surface area contributed by atoms with Gasteiger partial charge in [-0.1, -0.05) is 30.3 Å². The molecular formula is C20H24N4. The molecule has 1 atom stereocenters. The van der Waals surface area contributed by atoms with Gasteiger partial charge in [0.2, 0.25) is 0 Å². The summed E-state index contributed by atoms with van der Waals surface area (Å²) in [5, 5.41) is 3.49. The van der Waals surface area contributed by atoms with Gasteiger partial charge in [-0.3, -0.25) is 0 Å². The molecule has 3 aromatic rings. The maximum absolute atomic E-state index is 4.64. The Balaban J connectivity index is 1.56. The van der Waals surface area contributed by atoms with Crippen LogP contribution in [0.4, 0.5) is 5.82 Å². The third-order valence-electron chi connectivity index (χ3n) is 4.19. The van der Waals surface area contributed by atoms with E-state index in [0.29, 0.717) is 6.04 Å². The minimum Gasteiger partial charge on any atom is -0.367 e. The van der Waals surface area contributed by atoms with Gasteiger partial charge in [0.1, 0.15) is 11.6 Å². The van der Waals surface area contributed by atoms with Gasteiger partial charge in [-0.2, -0.15) is 0 Å². The molecule has 0 fully saturated rings. The Hall–Kier alpha value is -2.62. The molecule has 1 N–H and O–H groups in total. The van der Waals surface area contributed by atoms with Crippen molar-refractivity contribution in [2.24, 2.45) is 7.05 Å². The molecule has 1 aromatic carbocycles. The zero-order chi connectivity index (χ0) is 16.8. The Morgan fingerprint density at radius 2 is 1.92 bits per heavy atom. The molecule has 0 saturated carbocycles. The zero-order valence-electron chi connectivity index (χ0n) is 14.3. The predicted molar refractivity (Wildman–Crippen MR) is 98.1 cm³/mol. The van der Waals surface area contributed by atoms with Gasteiger partial charge in [0.15, 0.2) is 0 Å². The van der Waals surface area contributed by atoms with Crippen LogP contribution in [0.1, 0.15) is 30.4 Å². The van der Waals surface area contributed by atoms with Gasteiger partial charge in [-0.15, -0.1) is 0 Å². The summed E-state index contributed by atoms with van der Waals surface area (Å²) in [7, 11) is 2.09. The van der Waals surface area contributed by atoms with Gasteiger partial charge in [0, 0.05) is 37.6 Å². The van der Waals surface area contributed by atoms with E-state index in [1.165, 1.54) is 11.3 Å². The molecule has 3 rings (SSSR count). The van der Waals surface area contributed by atoms with Crippen LogP contribution >= 0.6 is 0 Å². The molecule has 0 amide bonds. The SMILES string of the molecule is CC(CCc1cccn1C)Nc1ccnc(Cc2ccccc2)n1. The van der Waals surface area contributed by atoms with E-state index in [1.807, 2.05) is 30.5 Å². The van der Waals surface area contributed by atoms with Gasteiger partial charge >= 0.3 is 0 Å². The van der Waals surface area contributed by atoms with Gasteiger partial charge in [-0.25, -0.2) is 9.97 Å². The van der Waals surface area contributed by atoms with E-state index in [4.69, 9.17) is 0 Å². The first-order valence-corrected chi connectivity index (χ1v) is 8.43. The second-order valence-electron chi connectivity index (χ2n) is 6.21. The standard InChI is InChI=1S/C20H24N4/c1-16(10-11-18-9-6-14-24(18)2)22-19-12-13-21-20(23-19)15-17-7-4-3-5-8-17/h3-9,12-14,16H,10-11,15H2,1-2H3,(H,21,22,23). The minimum atomic E-state index is 0.361. The maximum Gasteiger partial charge on any atom is 0.135 e. The van der Waals surface area contributed by atoms with Crippen LogP contribution in [0.25, 0.3) is 0 Å². The average molecular weight is 320 g/mol. The fourth-order valence-corrected chi connectivity index (χ4v) is 2.79. The minimum absolute atomic E-state index is 0.361. The average Bonchev–Trinajstić information content (AvgIpc) is 2.99. The number of nitrogens with one attached hydrogen (secondary N) is 1. The molecule has 0 aliphatic heterocycles. The predicted octanol–water partition coefficient (Wildman–Crippen LogP) is 3.84. The molecule has 0 aliphatic carbocycles. The normalized spacial score (nSPS) is 12.1. The van der Waals surface area contributed by atoms with Crippen molar-refractivity contribution in [3.63, 3.8) is 0 Å². The largest absolute Gasteiger partial charge is 0.367 e. The lowest BCUT2D eigenvalue weighted by Gasteiger charge is -2.15. The Labute approximate surface area is 143 Å². The summed E-state index contributed by atoms with van der Waals surface area (Å²) in [5.74, 6) is 1.75. The highest BCUT2D eigenvalue weighted by Gasteiger charge is 2.07. The van der Waals surface area contributed by atoms with Gasteiger partial charge in [0.25, 0.3) is 0 Å². The lowest BCUT2D eigenvalue weighted by molar-refractivity contribution is 0.672. The first kappa shape index (κ1) is 16.2. The van der Waals surface area contributed by atoms with Crippen LogP contribution in [-0.2, 0) is 19.9 Å². The van der Waals surface area contributed by atoms with Crippen LogP contribution in [-0.4, -0.2) is 20.6 Å². The molecule has 0 aliphatic rings. The fraction of sp³-hybridized carbons (Fsp3) is 0.300. The molecule has 2 aromatic heterocycles. The summed E-state index contributed by atoms with van der Waals surface area (Å²) in [4.78, 5) is 9.03. The molecular weight excluding hydrogens is 296 g/mol. The van der Waals surface area contributed by atoms with Crippen molar-refractivity contribution in [3.8, 4) is 0 Å². The van der Waals surface area contributed by atoms with Crippen molar-refractivity contribution in [1.29, 1.82) is 0 Å². The van der Waals surface area contributed by atoms with Crippen molar-refractivity contribution in [3.05, 3.63) is 78.0 Å². The van der Waals surface area contributed by atoms with Crippen molar-refractivity contribution >= 4 is 5.82 Å². The summed E-state index contributed by atoms with van der Waals surface area (Å²) in [6.07, 6.45) is 6.80. The summed E-state index contributed by atoms with van der Waals surface area (Å²) < 4.78 is 2.18. The highest BCUT2D eigenvalue weighted by Crippen LogP contribution is 2.12. The second kappa shape index (κ2) is 7.77. The summed E-state index contributed by atoms with van der Waals surface area (Å²) in [6.45, 7) is 2.20. The highest BCUT2D eigenvalue weighted by atomic mass is 15.0. The monoisotopic (exact) mass is 320 g/mol. The Morgan fingerprint density at radius 3 is 2.67 bits per heavy atom. The third kappa shape index (κ3) is 4.44. The number of benzene rings is 1. The van der Waals surface area contributed by atoms with Crippen LogP contribution in [0, 0.1) is 0 Å². The molecule has 1 unspecified atom stereocenters. The van der Waals surface area contributed by atoms with Crippen LogP contribution in [0.5, 0.6) is 0 Å². The summed E-state index contributed by atoms with van der Waals surface area (Å²) >= 11 is 0. The first-order chi connectivity index (χ1) is 11.7. The topological polar surface area (TPSA) is 42.7 Å². The van der Waals surface area contributed by atoms with Gasteiger partial charge < -0.3 is 9.88 Å². The highest BCUT2D eigenvalue weighted by molar-refractivity contribution is 5.35. The number of hydrogen-bond acceptors (Lipinski definition) is 3. The van der Waals surface area contributed by atoms with Gasteiger partial charge in [-0.05, 0) is 43.5 Å². The Bertz CT molecular complexity index is 764. The van der Waals surface area contributed by atoms with E-state index in [2.05, 4.69) is 64.3 Å². The van der Waals surface area contributed by atoms with Crippen LogP contribution in [0.2, 0.25) is 0 Å². The number of aryl methyl sites for hydroxylation is 2. The van der Waals surface area contributed by atoms with Crippen LogP contribution in [0.15, 0.2) is 60.9 Å². The van der Waals surface area contributed by atoms with Crippen LogP contribution < -0.4 is 5.32 Å². The molecule has 2 heterocycles. The van der Waals surface area contributed by atoms with Crippen molar-refractivity contribution in [2.75, 3.05) is 5.32 Å². The van der Waals surface area contributed by atoms with Crippen molar-refractivity contribution < 1.29 is 0 Å². The fourth-order valence-electron chi connectivity index (χ4n) is 2.79. The lowest BCUT2D eigenvalue weighted by atomic mass is 10.1. The van der Waals surface area contributed by atoms with E-state index in [0.717, 1.165) is 30.9 Å². The molecule has 4 nitrogen and oxygen atoms in total. The first-order valence-electron chi connectivity index (χ1n) is 8.43. The zero-order valence-corrected chi connectivity index (χ0v) is 14.3. The molecule has 0 saturated heterocycles. The molecule has 124 valence electrons. The van der Waals surface area contributed by atoms with Crippen molar-refractivity contribution in [1.82, 2.24) is 14.5 Å². The lowest BCUT2D eigenvalue weighted by Crippen LogP contribution is -2.18. The maximum atomic E-state index is 4.64. The van der Waals surface area contributed by atoms with E-state index in [1.54, 1.807) is 0 Å². The molecule has 0 bridgehead atoms. The number of anilines is 1. The van der Waals surface area contributed by atoms with E-state index in [9.17, 15) is 0 Å². The number of rotatable bonds is 7. The summed E-state index contributed by atoms with van der Waals surface area (Å²) in [5.41, 5.74) is 2.59. The Kier molecular flexibility index (Phi) is 5.26. The second-order valence-corrected chi connectivity index (χ2v) is 6.21. The molecule has 4 heteroatoms. The molecule has 0 spiro atoms. The molecule has 0 radical (unpaired) electrons. The van der Waals surface area contributed by atoms with Gasteiger partial charge in [0.05, 0.1) is 0 Å². The number of nitrogens with zero attached hydrogens (tertiary/aromatic N) is 3. The smallest absolute Gasteiger partial charge is 0.135 e. The van der Waals surface area contributed by atoms with E-state index < -0.39 is 0 Å². The number of aromatic nitrogens is 3. The van der Waals surface area contributed by atoms with E-state index in [-0.39, 0.29) is 0 Å². The van der Waals surface area contributed by atoms with Crippen molar-refractivity contribution in [2.45, 2.75) is 32.2 Å².